The van der Waals surface area contributed by atoms with Crippen molar-refractivity contribution in [1.82, 2.24) is 40.1 Å². The topological polar surface area (TPSA) is 113 Å². The third-order valence-electron chi connectivity index (χ3n) is 7.88. The number of likely N-dealkylation sites (N-methyl/N-ethyl adjacent to an activating group) is 1. The molecule has 3 aromatic carbocycles. The van der Waals surface area contributed by atoms with E-state index in [1.165, 1.54) is 18.5 Å². The lowest BCUT2D eigenvalue weighted by Crippen LogP contribution is -2.46. The fourth-order valence-electron chi connectivity index (χ4n) is 5.35. The van der Waals surface area contributed by atoms with E-state index >= 15 is 0 Å². The summed E-state index contributed by atoms with van der Waals surface area (Å²) in [5, 5.41) is 16.4. The maximum Gasteiger partial charge on any atom is 0.317 e. The normalized spacial score (nSPS) is 13.7. The molecule has 2 aromatic heterocycles. The molecule has 0 spiro atoms. The van der Waals surface area contributed by atoms with Crippen molar-refractivity contribution in [2.24, 2.45) is 0 Å². The summed E-state index contributed by atoms with van der Waals surface area (Å²) in [6, 6.07) is 17.7. The van der Waals surface area contributed by atoms with Crippen LogP contribution in [0.2, 0.25) is 5.02 Å². The Morgan fingerprint density at radius 3 is 2.72 bits per heavy atom. The summed E-state index contributed by atoms with van der Waals surface area (Å²) in [6.45, 7) is 2.96. The largest absolute Gasteiger partial charge is 0.487 e. The summed E-state index contributed by atoms with van der Waals surface area (Å²) < 4.78 is 21.2. The number of piperidine rings is 1. The second-order valence-corrected chi connectivity index (χ2v) is 11.9. The molecular weight excluding hydrogens is 609 g/mol. The standard InChI is InChI=1S/C33H35ClFN9O2/c1-42(2)15-12-36-33(45)43-13-10-26(11-14-43)44-19-30(40-41-44)23-6-8-29-27(17-23)32(38-21-37-29)39-25-7-9-31(28(34)18-25)46-20-22-4-3-5-24(35)16-22/h3-9,16-19,21,26H,10-15,20H2,1-2H3,(H,36,45)(H,37,38,39). The summed E-state index contributed by atoms with van der Waals surface area (Å²) in [4.78, 5) is 25.3. The Balaban J connectivity index is 1.11. The predicted molar refractivity (Wildman–Crippen MR) is 176 cm³/mol. The Bertz CT molecular complexity index is 1820. The van der Waals surface area contributed by atoms with Gasteiger partial charge < -0.3 is 25.2 Å². The van der Waals surface area contributed by atoms with Crippen molar-refractivity contribution < 1.29 is 13.9 Å². The lowest BCUT2D eigenvalue weighted by Gasteiger charge is -2.32. The monoisotopic (exact) mass is 643 g/mol. The molecule has 1 fully saturated rings. The lowest BCUT2D eigenvalue weighted by molar-refractivity contribution is 0.167. The Labute approximate surface area is 271 Å². The van der Waals surface area contributed by atoms with Gasteiger partial charge in [-0.15, -0.1) is 5.10 Å². The van der Waals surface area contributed by atoms with Crippen LogP contribution in [-0.2, 0) is 6.61 Å². The van der Waals surface area contributed by atoms with Gasteiger partial charge in [-0.2, -0.15) is 0 Å². The summed E-state index contributed by atoms with van der Waals surface area (Å²) in [5.74, 6) is 0.786. The zero-order valence-corrected chi connectivity index (χ0v) is 26.4. The number of hydrogen-bond donors (Lipinski definition) is 2. The molecule has 1 saturated heterocycles. The van der Waals surface area contributed by atoms with Crippen molar-refractivity contribution in [3.8, 4) is 17.0 Å². The van der Waals surface area contributed by atoms with Gasteiger partial charge in [0.05, 0.1) is 22.8 Å². The number of hydrogen-bond acceptors (Lipinski definition) is 8. The molecular formula is C33H35ClFN9O2. The molecule has 3 heterocycles. The van der Waals surface area contributed by atoms with E-state index in [9.17, 15) is 9.18 Å². The zero-order valence-electron chi connectivity index (χ0n) is 25.7. The summed E-state index contributed by atoms with van der Waals surface area (Å²) >= 11 is 6.52. The van der Waals surface area contributed by atoms with Crippen LogP contribution in [0.15, 0.2) is 73.2 Å². The number of nitrogens with zero attached hydrogens (tertiary/aromatic N) is 7. The van der Waals surface area contributed by atoms with E-state index in [2.05, 4.69) is 30.9 Å². The second-order valence-electron chi connectivity index (χ2n) is 11.5. The number of anilines is 2. The maximum atomic E-state index is 13.5. The number of benzene rings is 3. The van der Waals surface area contributed by atoms with Gasteiger partial charge in [0.1, 0.15) is 36.0 Å². The van der Waals surface area contributed by atoms with E-state index in [1.54, 1.807) is 24.3 Å². The van der Waals surface area contributed by atoms with Crippen LogP contribution < -0.4 is 15.4 Å². The molecule has 0 atom stereocenters. The van der Waals surface area contributed by atoms with Crippen molar-refractivity contribution >= 4 is 40.0 Å². The molecule has 1 aliphatic rings. The zero-order chi connectivity index (χ0) is 32.0. The van der Waals surface area contributed by atoms with Gasteiger partial charge >= 0.3 is 6.03 Å². The first-order valence-electron chi connectivity index (χ1n) is 15.1. The summed E-state index contributed by atoms with van der Waals surface area (Å²) in [7, 11) is 3.97. The smallest absolute Gasteiger partial charge is 0.317 e. The van der Waals surface area contributed by atoms with E-state index in [1.807, 2.05) is 59.0 Å². The van der Waals surface area contributed by atoms with Crippen LogP contribution in [0.25, 0.3) is 22.2 Å². The molecule has 238 valence electrons. The highest BCUT2D eigenvalue weighted by Gasteiger charge is 2.25. The van der Waals surface area contributed by atoms with Gasteiger partial charge in [0, 0.05) is 42.8 Å². The summed E-state index contributed by atoms with van der Waals surface area (Å²) in [5.41, 5.74) is 3.82. The number of urea groups is 1. The number of rotatable bonds is 10. The highest BCUT2D eigenvalue weighted by molar-refractivity contribution is 6.32. The number of ether oxygens (including phenoxy) is 1. The van der Waals surface area contributed by atoms with E-state index in [-0.39, 0.29) is 24.5 Å². The number of likely N-dealkylation sites (tertiary alicyclic amines) is 1. The van der Waals surface area contributed by atoms with Gasteiger partial charge in [-0.3, -0.25) is 0 Å². The van der Waals surface area contributed by atoms with Crippen LogP contribution in [0.4, 0.5) is 20.7 Å². The second kappa shape index (κ2) is 14.1. The molecule has 0 unspecified atom stereocenters. The van der Waals surface area contributed by atoms with Crippen molar-refractivity contribution in [3.63, 3.8) is 0 Å². The average molecular weight is 644 g/mol. The van der Waals surface area contributed by atoms with Crippen molar-refractivity contribution in [2.45, 2.75) is 25.5 Å². The van der Waals surface area contributed by atoms with Crippen molar-refractivity contribution in [2.75, 3.05) is 45.6 Å². The lowest BCUT2D eigenvalue weighted by atomic mass is 10.1. The molecule has 46 heavy (non-hydrogen) atoms. The van der Waals surface area contributed by atoms with E-state index in [0.717, 1.165) is 47.2 Å². The number of fused-ring (bicyclic) bond motifs is 1. The first-order chi connectivity index (χ1) is 22.3. The highest BCUT2D eigenvalue weighted by atomic mass is 35.5. The van der Waals surface area contributed by atoms with Crippen LogP contribution in [-0.4, -0.2) is 81.1 Å². The molecule has 2 N–H and O–H groups in total. The SMILES string of the molecule is CN(C)CCNC(=O)N1CCC(n2cc(-c3ccc4ncnc(Nc5ccc(OCc6cccc(F)c6)c(Cl)c5)c4c3)nn2)CC1. The van der Waals surface area contributed by atoms with E-state index in [0.29, 0.717) is 41.8 Å². The quantitative estimate of drug-likeness (QED) is 0.193. The molecule has 11 nitrogen and oxygen atoms in total. The van der Waals surface area contributed by atoms with Gasteiger partial charge in [0.25, 0.3) is 0 Å². The number of carbonyl (C=O) groups excluding carboxylic acids is 1. The van der Waals surface area contributed by atoms with Crippen LogP contribution in [0.5, 0.6) is 5.75 Å². The summed E-state index contributed by atoms with van der Waals surface area (Å²) in [6.07, 6.45) is 5.08. The minimum Gasteiger partial charge on any atom is -0.487 e. The van der Waals surface area contributed by atoms with Crippen molar-refractivity contribution in [3.05, 3.63) is 89.6 Å². The number of halogens is 2. The van der Waals surface area contributed by atoms with Gasteiger partial charge in [0.2, 0.25) is 0 Å². The molecule has 0 radical (unpaired) electrons. The Kier molecular flexibility index (Phi) is 9.55. The Morgan fingerprint density at radius 2 is 1.93 bits per heavy atom. The number of nitrogens with one attached hydrogen (secondary N) is 2. The Morgan fingerprint density at radius 1 is 1.09 bits per heavy atom. The fourth-order valence-corrected chi connectivity index (χ4v) is 5.59. The van der Waals surface area contributed by atoms with Crippen LogP contribution in [0, 0.1) is 5.82 Å². The van der Waals surface area contributed by atoms with Crippen LogP contribution in [0.3, 0.4) is 0 Å². The maximum absolute atomic E-state index is 13.5. The van der Waals surface area contributed by atoms with Crippen LogP contribution >= 0.6 is 11.6 Å². The molecule has 6 rings (SSSR count). The molecule has 13 heteroatoms. The fraction of sp³-hybridized carbons (Fsp3) is 0.303. The van der Waals surface area contributed by atoms with Crippen LogP contribution in [0.1, 0.15) is 24.4 Å². The van der Waals surface area contributed by atoms with E-state index in [4.69, 9.17) is 16.3 Å². The third-order valence-corrected chi connectivity index (χ3v) is 8.18. The predicted octanol–water partition coefficient (Wildman–Crippen LogP) is 5.91. The third kappa shape index (κ3) is 7.52. The molecule has 0 bridgehead atoms. The number of amides is 2. The number of aromatic nitrogens is 5. The first kappa shape index (κ1) is 31.2. The van der Waals surface area contributed by atoms with Crippen molar-refractivity contribution in [1.29, 1.82) is 0 Å². The van der Waals surface area contributed by atoms with Gasteiger partial charge in [-0.25, -0.2) is 23.8 Å². The average Bonchev–Trinajstić information content (AvgIpc) is 3.55. The van der Waals surface area contributed by atoms with Gasteiger partial charge in [0.15, 0.2) is 0 Å². The molecule has 2 amide bonds. The van der Waals surface area contributed by atoms with Gasteiger partial charge in [-0.05, 0) is 75.0 Å². The first-order valence-corrected chi connectivity index (χ1v) is 15.5. The number of carbonyl (C=O) groups is 1. The minimum atomic E-state index is -0.314. The van der Waals surface area contributed by atoms with E-state index < -0.39 is 0 Å². The molecule has 1 aliphatic heterocycles. The highest BCUT2D eigenvalue weighted by Crippen LogP contribution is 2.32. The van der Waals surface area contributed by atoms with Gasteiger partial charge in [-0.1, -0.05) is 35.0 Å². The molecule has 0 aliphatic carbocycles. The molecule has 5 aromatic rings. The minimum absolute atomic E-state index is 0.0187. The Hall–Kier alpha value is -4.81. The molecule has 0 saturated carbocycles.